The summed E-state index contributed by atoms with van der Waals surface area (Å²) in [6, 6.07) is 6.52. The van der Waals surface area contributed by atoms with Crippen molar-refractivity contribution in [3.05, 3.63) is 41.2 Å². The van der Waals surface area contributed by atoms with E-state index in [4.69, 9.17) is 4.74 Å². The largest absolute Gasteiger partial charge is 0.435 e. The smallest absolute Gasteiger partial charge is 0.387 e. The van der Waals surface area contributed by atoms with Gasteiger partial charge in [-0.2, -0.15) is 13.9 Å². The molecule has 2 aromatic rings. The molecule has 0 saturated carbocycles. The van der Waals surface area contributed by atoms with Crippen LogP contribution in [0, 0.1) is 0 Å². The number of halogens is 2. The third-order valence-electron chi connectivity index (χ3n) is 4.32. The van der Waals surface area contributed by atoms with Crippen molar-refractivity contribution in [2.24, 2.45) is 0 Å². The Labute approximate surface area is 151 Å². The molecule has 0 spiro atoms. The van der Waals surface area contributed by atoms with Crippen LogP contribution in [0.2, 0.25) is 0 Å². The first kappa shape index (κ1) is 18.4. The predicted molar refractivity (Wildman–Crippen MR) is 92.6 cm³/mol. The first-order chi connectivity index (χ1) is 12.6. The maximum Gasteiger partial charge on any atom is 0.387 e. The van der Waals surface area contributed by atoms with Crippen molar-refractivity contribution in [1.82, 2.24) is 15.2 Å². The molecule has 1 unspecified atom stereocenters. The van der Waals surface area contributed by atoms with E-state index in [0.717, 1.165) is 29.8 Å². The standard InChI is InChI=1S/C18H22F2N4O2/c1-3-14-15(4-2)22-23-18(21-14)24-9-10-25-16(11-24)12-5-7-13(8-6-12)26-17(19)20/h5-8,16-17H,3-4,9-11H2,1-2H3. The van der Waals surface area contributed by atoms with Crippen LogP contribution in [0.1, 0.15) is 36.9 Å². The lowest BCUT2D eigenvalue weighted by molar-refractivity contribution is -0.0498. The summed E-state index contributed by atoms with van der Waals surface area (Å²) in [6.07, 6.45) is 1.43. The van der Waals surface area contributed by atoms with Gasteiger partial charge in [-0.1, -0.05) is 26.0 Å². The molecule has 140 valence electrons. The zero-order valence-electron chi connectivity index (χ0n) is 14.9. The number of morpholine rings is 1. The van der Waals surface area contributed by atoms with E-state index in [9.17, 15) is 8.78 Å². The maximum atomic E-state index is 12.3. The van der Waals surface area contributed by atoms with Crippen LogP contribution in [0.4, 0.5) is 14.7 Å². The van der Waals surface area contributed by atoms with Crippen LogP contribution in [0.3, 0.4) is 0 Å². The van der Waals surface area contributed by atoms with Gasteiger partial charge in [-0.15, -0.1) is 5.10 Å². The van der Waals surface area contributed by atoms with Crippen LogP contribution >= 0.6 is 0 Å². The minimum Gasteiger partial charge on any atom is -0.435 e. The molecule has 26 heavy (non-hydrogen) atoms. The van der Waals surface area contributed by atoms with E-state index in [1.54, 1.807) is 12.1 Å². The predicted octanol–water partition coefficient (Wildman–Crippen LogP) is 3.18. The minimum absolute atomic E-state index is 0.131. The molecule has 1 saturated heterocycles. The highest BCUT2D eigenvalue weighted by Gasteiger charge is 2.24. The fourth-order valence-electron chi connectivity index (χ4n) is 2.96. The van der Waals surface area contributed by atoms with Crippen molar-refractivity contribution in [2.75, 3.05) is 24.6 Å². The Kier molecular flexibility index (Phi) is 5.92. The molecule has 1 aromatic heterocycles. The topological polar surface area (TPSA) is 60.4 Å². The lowest BCUT2D eigenvalue weighted by Gasteiger charge is -2.33. The van der Waals surface area contributed by atoms with Gasteiger partial charge in [0.15, 0.2) is 0 Å². The number of alkyl halides is 2. The summed E-state index contributed by atoms with van der Waals surface area (Å²) in [4.78, 5) is 6.70. The number of benzene rings is 1. The highest BCUT2D eigenvalue weighted by molar-refractivity contribution is 5.34. The summed E-state index contributed by atoms with van der Waals surface area (Å²) in [7, 11) is 0. The van der Waals surface area contributed by atoms with Crippen LogP contribution in [-0.2, 0) is 17.6 Å². The molecule has 0 N–H and O–H groups in total. The number of hydrogen-bond donors (Lipinski definition) is 0. The molecule has 0 radical (unpaired) electrons. The second-order valence-corrected chi connectivity index (χ2v) is 5.97. The molecule has 1 atom stereocenters. The maximum absolute atomic E-state index is 12.3. The Morgan fingerprint density at radius 3 is 2.54 bits per heavy atom. The number of anilines is 1. The van der Waals surface area contributed by atoms with Crippen molar-refractivity contribution < 1.29 is 18.3 Å². The van der Waals surface area contributed by atoms with E-state index in [-0.39, 0.29) is 11.9 Å². The van der Waals surface area contributed by atoms with Crippen molar-refractivity contribution >= 4 is 5.95 Å². The summed E-state index contributed by atoms with van der Waals surface area (Å²) in [6.45, 7) is 3.05. The van der Waals surface area contributed by atoms with E-state index < -0.39 is 6.61 Å². The number of nitrogens with zero attached hydrogens (tertiary/aromatic N) is 4. The second kappa shape index (κ2) is 8.35. The molecule has 6 nitrogen and oxygen atoms in total. The first-order valence-corrected chi connectivity index (χ1v) is 8.74. The van der Waals surface area contributed by atoms with Gasteiger partial charge in [0.05, 0.1) is 24.5 Å². The van der Waals surface area contributed by atoms with Crippen molar-refractivity contribution in [1.29, 1.82) is 0 Å². The number of hydrogen-bond acceptors (Lipinski definition) is 6. The zero-order valence-corrected chi connectivity index (χ0v) is 14.9. The van der Waals surface area contributed by atoms with Gasteiger partial charge >= 0.3 is 6.61 Å². The fraction of sp³-hybridized carbons (Fsp3) is 0.500. The molecular formula is C18H22F2N4O2. The van der Waals surface area contributed by atoms with E-state index in [1.165, 1.54) is 12.1 Å². The summed E-state index contributed by atoms with van der Waals surface area (Å²) in [5.74, 6) is 0.733. The summed E-state index contributed by atoms with van der Waals surface area (Å²) < 4.78 is 34.7. The number of rotatable bonds is 6. The molecule has 1 aliphatic heterocycles. The third kappa shape index (κ3) is 4.24. The Bertz CT molecular complexity index is 728. The van der Waals surface area contributed by atoms with Gasteiger partial charge in [0.1, 0.15) is 11.9 Å². The fourth-order valence-corrected chi connectivity index (χ4v) is 2.96. The monoisotopic (exact) mass is 364 g/mol. The van der Waals surface area contributed by atoms with Gasteiger partial charge in [-0.05, 0) is 30.5 Å². The average molecular weight is 364 g/mol. The van der Waals surface area contributed by atoms with Crippen molar-refractivity contribution in [3.8, 4) is 5.75 Å². The lowest BCUT2D eigenvalue weighted by Crippen LogP contribution is -2.39. The first-order valence-electron chi connectivity index (χ1n) is 8.74. The highest BCUT2D eigenvalue weighted by atomic mass is 19.3. The van der Waals surface area contributed by atoms with Crippen LogP contribution in [0.5, 0.6) is 5.75 Å². The van der Waals surface area contributed by atoms with Gasteiger partial charge in [0.25, 0.3) is 0 Å². The van der Waals surface area contributed by atoms with Crippen LogP contribution in [0.25, 0.3) is 0 Å². The van der Waals surface area contributed by atoms with Crippen LogP contribution in [-0.4, -0.2) is 41.5 Å². The minimum atomic E-state index is -2.83. The molecule has 1 aliphatic rings. The van der Waals surface area contributed by atoms with Crippen molar-refractivity contribution in [3.63, 3.8) is 0 Å². The molecule has 1 fully saturated rings. The highest BCUT2D eigenvalue weighted by Crippen LogP contribution is 2.26. The Morgan fingerprint density at radius 1 is 1.15 bits per heavy atom. The number of aryl methyl sites for hydroxylation is 2. The molecule has 0 amide bonds. The second-order valence-electron chi connectivity index (χ2n) is 5.97. The van der Waals surface area contributed by atoms with Gasteiger partial charge < -0.3 is 14.4 Å². The van der Waals surface area contributed by atoms with Crippen LogP contribution in [0.15, 0.2) is 24.3 Å². The van der Waals surface area contributed by atoms with Gasteiger partial charge in [0, 0.05) is 6.54 Å². The van der Waals surface area contributed by atoms with E-state index >= 15 is 0 Å². The SMILES string of the molecule is CCc1nnc(N2CCOC(c3ccc(OC(F)F)cc3)C2)nc1CC. The normalized spacial score (nSPS) is 17.6. The quantitative estimate of drug-likeness (QED) is 0.785. The molecule has 3 rings (SSSR count). The third-order valence-corrected chi connectivity index (χ3v) is 4.32. The molecule has 0 aliphatic carbocycles. The summed E-state index contributed by atoms with van der Waals surface area (Å²) in [5, 5.41) is 8.56. The average Bonchev–Trinajstić information content (AvgIpc) is 2.67. The van der Waals surface area contributed by atoms with E-state index in [0.29, 0.717) is 25.6 Å². The zero-order chi connectivity index (χ0) is 18.5. The Balaban J connectivity index is 1.73. The van der Waals surface area contributed by atoms with Crippen LogP contribution < -0.4 is 9.64 Å². The van der Waals surface area contributed by atoms with Gasteiger partial charge in [-0.3, -0.25) is 0 Å². The number of ether oxygens (including phenoxy) is 2. The molecular weight excluding hydrogens is 342 g/mol. The molecule has 1 aromatic carbocycles. The van der Waals surface area contributed by atoms with Crippen molar-refractivity contribution in [2.45, 2.75) is 39.4 Å². The molecule has 2 heterocycles. The lowest BCUT2D eigenvalue weighted by atomic mass is 10.1. The Morgan fingerprint density at radius 2 is 1.88 bits per heavy atom. The van der Waals surface area contributed by atoms with Gasteiger partial charge in [-0.25, -0.2) is 4.98 Å². The van der Waals surface area contributed by atoms with E-state index in [1.807, 2.05) is 11.8 Å². The molecule has 0 bridgehead atoms. The number of aromatic nitrogens is 3. The molecule has 8 heteroatoms. The summed E-state index contributed by atoms with van der Waals surface area (Å²) in [5.41, 5.74) is 2.79. The summed E-state index contributed by atoms with van der Waals surface area (Å²) >= 11 is 0. The van der Waals surface area contributed by atoms with E-state index in [2.05, 4.69) is 26.8 Å². The van der Waals surface area contributed by atoms with Gasteiger partial charge in [0.2, 0.25) is 5.95 Å². The Hall–Kier alpha value is -2.35.